The van der Waals surface area contributed by atoms with Crippen molar-refractivity contribution >= 4 is 0 Å². The molecule has 116 valence electrons. The quantitative estimate of drug-likeness (QED) is 0.888. The Bertz CT molecular complexity index is 463. The van der Waals surface area contributed by atoms with Gasteiger partial charge in [0.05, 0.1) is 18.8 Å². The lowest BCUT2D eigenvalue weighted by Gasteiger charge is -2.32. The van der Waals surface area contributed by atoms with Crippen LogP contribution < -0.4 is 14.8 Å². The first-order valence-electron chi connectivity index (χ1n) is 7.77. The van der Waals surface area contributed by atoms with Crippen molar-refractivity contribution in [2.24, 2.45) is 0 Å². The Morgan fingerprint density at radius 2 is 2.29 bits per heavy atom. The van der Waals surface area contributed by atoms with Crippen LogP contribution in [0.25, 0.3) is 0 Å². The molecule has 0 amide bonds. The van der Waals surface area contributed by atoms with Gasteiger partial charge in [0.1, 0.15) is 6.10 Å². The van der Waals surface area contributed by atoms with Gasteiger partial charge in [0.15, 0.2) is 0 Å². The molecule has 6 heteroatoms. The Morgan fingerprint density at radius 3 is 3.10 bits per heavy atom. The Labute approximate surface area is 125 Å². The van der Waals surface area contributed by atoms with Gasteiger partial charge in [0.2, 0.25) is 5.88 Å². The molecule has 0 saturated carbocycles. The van der Waals surface area contributed by atoms with E-state index < -0.39 is 0 Å². The molecule has 3 heterocycles. The van der Waals surface area contributed by atoms with E-state index in [-0.39, 0.29) is 11.7 Å². The van der Waals surface area contributed by atoms with Crippen LogP contribution >= 0.6 is 0 Å². The van der Waals surface area contributed by atoms with Crippen LogP contribution in [-0.2, 0) is 4.74 Å². The molecule has 2 saturated heterocycles. The lowest BCUT2D eigenvalue weighted by atomic mass is 9.89. The summed E-state index contributed by atoms with van der Waals surface area (Å²) in [6.45, 7) is 5.36. The van der Waals surface area contributed by atoms with Crippen molar-refractivity contribution in [3.8, 4) is 11.9 Å². The van der Waals surface area contributed by atoms with Crippen molar-refractivity contribution < 1.29 is 14.2 Å². The van der Waals surface area contributed by atoms with Crippen LogP contribution in [0.4, 0.5) is 0 Å². The van der Waals surface area contributed by atoms with Gasteiger partial charge in [0, 0.05) is 18.7 Å². The Kier molecular flexibility index (Phi) is 4.55. The van der Waals surface area contributed by atoms with Gasteiger partial charge in [-0.15, -0.1) is 0 Å². The number of aromatic nitrogens is 2. The average molecular weight is 293 g/mol. The minimum atomic E-state index is -0.00770. The fourth-order valence-electron chi connectivity index (χ4n) is 2.93. The highest BCUT2D eigenvalue weighted by molar-refractivity contribution is 5.11. The maximum absolute atomic E-state index is 6.01. The largest absolute Gasteiger partial charge is 0.478 e. The van der Waals surface area contributed by atoms with Crippen LogP contribution in [0.2, 0.25) is 0 Å². The maximum atomic E-state index is 6.01. The van der Waals surface area contributed by atoms with E-state index >= 15 is 0 Å². The Morgan fingerprint density at radius 1 is 1.43 bits per heavy atom. The first-order valence-corrected chi connectivity index (χ1v) is 7.77. The second-order valence-corrected chi connectivity index (χ2v) is 5.71. The second-order valence-electron chi connectivity index (χ2n) is 5.71. The standard InChI is InChI=1S/C15H23N3O3/c1-2-9-19-13-3-6-17-14(18-13)21-12-10-15(20-11-12)4-7-16-8-5-15/h3,6,12,16H,2,4-5,7-11H2,1H3. The summed E-state index contributed by atoms with van der Waals surface area (Å²) in [6.07, 6.45) is 5.67. The van der Waals surface area contributed by atoms with E-state index in [0.717, 1.165) is 38.8 Å². The van der Waals surface area contributed by atoms with Crippen LogP contribution in [0.3, 0.4) is 0 Å². The smallest absolute Gasteiger partial charge is 0.320 e. The summed E-state index contributed by atoms with van der Waals surface area (Å²) >= 11 is 0. The van der Waals surface area contributed by atoms with Crippen molar-refractivity contribution in [1.82, 2.24) is 15.3 Å². The van der Waals surface area contributed by atoms with Crippen molar-refractivity contribution in [2.45, 2.75) is 44.3 Å². The van der Waals surface area contributed by atoms with E-state index in [4.69, 9.17) is 14.2 Å². The second kappa shape index (κ2) is 6.58. The maximum Gasteiger partial charge on any atom is 0.320 e. The number of piperidine rings is 1. The van der Waals surface area contributed by atoms with Gasteiger partial charge in [-0.3, -0.25) is 0 Å². The molecule has 2 fully saturated rings. The molecule has 3 rings (SSSR count). The fraction of sp³-hybridized carbons (Fsp3) is 0.733. The molecule has 2 aliphatic rings. The fourth-order valence-corrected chi connectivity index (χ4v) is 2.93. The number of ether oxygens (including phenoxy) is 3. The minimum Gasteiger partial charge on any atom is -0.478 e. The third kappa shape index (κ3) is 3.63. The Hall–Kier alpha value is -1.40. The summed E-state index contributed by atoms with van der Waals surface area (Å²) in [7, 11) is 0. The predicted molar refractivity (Wildman–Crippen MR) is 77.6 cm³/mol. The number of rotatable bonds is 5. The van der Waals surface area contributed by atoms with Crippen LogP contribution in [0.1, 0.15) is 32.6 Å². The molecule has 1 aromatic heterocycles. The van der Waals surface area contributed by atoms with Crippen LogP contribution in [0, 0.1) is 0 Å². The zero-order chi connectivity index (χ0) is 14.5. The van der Waals surface area contributed by atoms with Gasteiger partial charge >= 0.3 is 6.01 Å². The predicted octanol–water partition coefficient (Wildman–Crippen LogP) is 1.56. The highest BCUT2D eigenvalue weighted by Crippen LogP contribution is 2.35. The molecule has 0 bridgehead atoms. The third-order valence-electron chi connectivity index (χ3n) is 4.02. The molecule has 0 aromatic carbocycles. The van der Waals surface area contributed by atoms with E-state index in [1.54, 1.807) is 12.3 Å². The molecule has 0 radical (unpaired) electrons. The molecule has 1 aromatic rings. The van der Waals surface area contributed by atoms with Gasteiger partial charge in [-0.2, -0.15) is 4.98 Å². The lowest BCUT2D eigenvalue weighted by Crippen LogP contribution is -2.41. The van der Waals surface area contributed by atoms with E-state index in [1.807, 2.05) is 0 Å². The van der Waals surface area contributed by atoms with Crippen LogP contribution in [0.15, 0.2) is 12.3 Å². The number of nitrogens with zero attached hydrogens (tertiary/aromatic N) is 2. The molecule has 1 spiro atoms. The molecule has 1 atom stereocenters. The third-order valence-corrected chi connectivity index (χ3v) is 4.02. The molecule has 1 N–H and O–H groups in total. The SMILES string of the molecule is CCCOc1ccnc(OC2COC3(CCNCC3)C2)n1. The Balaban J connectivity index is 1.57. The van der Waals surface area contributed by atoms with E-state index in [9.17, 15) is 0 Å². The average Bonchev–Trinajstić information content (AvgIpc) is 2.88. The number of hydrogen-bond acceptors (Lipinski definition) is 6. The zero-order valence-electron chi connectivity index (χ0n) is 12.5. The molecule has 6 nitrogen and oxygen atoms in total. The van der Waals surface area contributed by atoms with Gasteiger partial charge in [-0.05, 0) is 32.4 Å². The van der Waals surface area contributed by atoms with Gasteiger partial charge in [-0.1, -0.05) is 6.92 Å². The van der Waals surface area contributed by atoms with Crippen molar-refractivity contribution in [1.29, 1.82) is 0 Å². The number of hydrogen-bond donors (Lipinski definition) is 1. The van der Waals surface area contributed by atoms with E-state index in [1.165, 1.54) is 0 Å². The van der Waals surface area contributed by atoms with E-state index in [2.05, 4.69) is 22.2 Å². The first-order chi connectivity index (χ1) is 10.3. The van der Waals surface area contributed by atoms with Crippen molar-refractivity contribution in [2.75, 3.05) is 26.3 Å². The molecular formula is C15H23N3O3. The summed E-state index contributed by atoms with van der Waals surface area (Å²) < 4.78 is 17.4. The first kappa shape index (κ1) is 14.5. The summed E-state index contributed by atoms with van der Waals surface area (Å²) in [5.74, 6) is 0.567. The lowest BCUT2D eigenvalue weighted by molar-refractivity contribution is -0.0206. The summed E-state index contributed by atoms with van der Waals surface area (Å²) in [4.78, 5) is 8.45. The zero-order valence-corrected chi connectivity index (χ0v) is 12.5. The highest BCUT2D eigenvalue weighted by atomic mass is 16.6. The highest BCUT2D eigenvalue weighted by Gasteiger charge is 2.42. The number of nitrogens with one attached hydrogen (secondary N) is 1. The van der Waals surface area contributed by atoms with Gasteiger partial charge < -0.3 is 19.5 Å². The van der Waals surface area contributed by atoms with Crippen LogP contribution in [-0.4, -0.2) is 48.0 Å². The monoisotopic (exact) mass is 293 g/mol. The molecule has 0 aliphatic carbocycles. The molecule has 2 aliphatic heterocycles. The normalized spacial score (nSPS) is 24.1. The van der Waals surface area contributed by atoms with Crippen molar-refractivity contribution in [3.05, 3.63) is 12.3 Å². The molecule has 21 heavy (non-hydrogen) atoms. The van der Waals surface area contributed by atoms with Crippen LogP contribution in [0.5, 0.6) is 11.9 Å². The topological polar surface area (TPSA) is 65.5 Å². The molecular weight excluding hydrogens is 270 g/mol. The van der Waals surface area contributed by atoms with Crippen molar-refractivity contribution in [3.63, 3.8) is 0 Å². The van der Waals surface area contributed by atoms with Gasteiger partial charge in [-0.25, -0.2) is 4.98 Å². The minimum absolute atomic E-state index is 0.00770. The molecule has 1 unspecified atom stereocenters. The van der Waals surface area contributed by atoms with E-state index in [0.29, 0.717) is 25.1 Å². The summed E-state index contributed by atoms with van der Waals surface area (Å²) in [6, 6.07) is 2.13. The summed E-state index contributed by atoms with van der Waals surface area (Å²) in [5.41, 5.74) is -0.00770. The summed E-state index contributed by atoms with van der Waals surface area (Å²) in [5, 5.41) is 3.37. The van der Waals surface area contributed by atoms with Gasteiger partial charge in [0.25, 0.3) is 0 Å².